The number of halogens is 1. The molecule has 1 aromatic heterocycles. The Bertz CT molecular complexity index is 863. The molecule has 2 saturated heterocycles. The van der Waals surface area contributed by atoms with E-state index < -0.39 is 11.8 Å². The fourth-order valence-corrected chi connectivity index (χ4v) is 5.10. The highest BCUT2D eigenvalue weighted by Crippen LogP contribution is 2.50. The Balaban J connectivity index is 1.77. The Kier molecular flexibility index (Phi) is 5.16. The first kappa shape index (κ1) is 20.3. The number of nitrogens with zero attached hydrogens (tertiary/aromatic N) is 3. The molecule has 2 fully saturated rings. The van der Waals surface area contributed by atoms with Crippen LogP contribution >= 0.6 is 0 Å². The highest BCUT2D eigenvalue weighted by atomic mass is 19.1. The molecule has 0 saturated carbocycles. The highest BCUT2D eigenvalue weighted by Gasteiger charge is 2.55. The summed E-state index contributed by atoms with van der Waals surface area (Å²) in [4.78, 5) is 8.69. The average Bonchev–Trinajstić information content (AvgIpc) is 3.13. The molecule has 1 N–H and O–H groups in total. The lowest BCUT2D eigenvalue weighted by molar-refractivity contribution is -0.127. The molecular weight excluding hydrogens is 365 g/mol. The topological polar surface area (TPSA) is 39.6 Å². The summed E-state index contributed by atoms with van der Waals surface area (Å²) in [6, 6.07) is 10.3. The molecule has 1 aromatic carbocycles. The number of aromatic nitrogens is 1. The lowest BCUT2D eigenvalue weighted by atomic mass is 9.62. The zero-order valence-electron chi connectivity index (χ0n) is 17.9. The molecule has 2 aliphatic rings. The molecule has 29 heavy (non-hydrogen) atoms. The maximum absolute atomic E-state index is 13.7. The van der Waals surface area contributed by atoms with Crippen molar-refractivity contribution in [3.8, 4) is 0 Å². The maximum Gasteiger partial charge on any atom is 0.124 e. The van der Waals surface area contributed by atoms with Crippen LogP contribution in [-0.2, 0) is 5.60 Å². The van der Waals surface area contributed by atoms with E-state index in [0.717, 1.165) is 29.9 Å². The van der Waals surface area contributed by atoms with Crippen LogP contribution in [-0.4, -0.2) is 54.4 Å². The largest absolute Gasteiger partial charge is 0.380 e. The number of hydrogen-bond donors (Lipinski definition) is 1. The van der Waals surface area contributed by atoms with Crippen LogP contribution in [0.5, 0.6) is 0 Å². The molecule has 4 rings (SSSR count). The fraction of sp³-hybridized carbons (Fsp3) is 0.542. The van der Waals surface area contributed by atoms with Crippen molar-refractivity contribution >= 4 is 5.69 Å². The summed E-state index contributed by atoms with van der Waals surface area (Å²) in [5.41, 5.74) is 2.33. The van der Waals surface area contributed by atoms with Crippen LogP contribution in [0.25, 0.3) is 0 Å². The van der Waals surface area contributed by atoms with Gasteiger partial charge in [0.05, 0.1) is 11.9 Å². The van der Waals surface area contributed by atoms with E-state index in [4.69, 9.17) is 0 Å². The van der Waals surface area contributed by atoms with E-state index in [1.165, 1.54) is 5.56 Å². The van der Waals surface area contributed by atoms with Crippen molar-refractivity contribution in [3.63, 3.8) is 0 Å². The van der Waals surface area contributed by atoms with Crippen molar-refractivity contribution in [1.82, 2.24) is 9.88 Å². The third kappa shape index (κ3) is 3.44. The van der Waals surface area contributed by atoms with E-state index >= 15 is 0 Å². The summed E-state index contributed by atoms with van der Waals surface area (Å²) in [5.74, 6) is 0.441. The molecule has 3 heterocycles. The minimum atomic E-state index is -1.16. The van der Waals surface area contributed by atoms with E-state index in [1.807, 2.05) is 11.0 Å². The number of pyridine rings is 1. The molecular formula is C24H32FN3O. The molecule has 0 radical (unpaired) electrons. The van der Waals surface area contributed by atoms with Crippen LogP contribution in [0.2, 0.25) is 0 Å². The van der Waals surface area contributed by atoms with E-state index in [1.54, 1.807) is 12.4 Å². The van der Waals surface area contributed by atoms with E-state index in [9.17, 15) is 9.50 Å². The molecule has 0 bridgehead atoms. The number of aliphatic hydroxyl groups is 1. The zero-order chi connectivity index (χ0) is 20.8. The van der Waals surface area contributed by atoms with E-state index in [-0.39, 0.29) is 5.41 Å². The van der Waals surface area contributed by atoms with Gasteiger partial charge >= 0.3 is 0 Å². The van der Waals surface area contributed by atoms with Crippen LogP contribution in [0, 0.1) is 5.41 Å². The van der Waals surface area contributed by atoms with Gasteiger partial charge in [0.1, 0.15) is 11.8 Å². The van der Waals surface area contributed by atoms with Gasteiger partial charge in [-0.25, -0.2) is 4.39 Å². The Hall–Kier alpha value is -1.98. The van der Waals surface area contributed by atoms with Gasteiger partial charge in [0, 0.05) is 43.4 Å². The Labute approximate surface area is 173 Å². The predicted molar refractivity (Wildman–Crippen MR) is 115 cm³/mol. The Morgan fingerprint density at radius 1 is 1.17 bits per heavy atom. The van der Waals surface area contributed by atoms with Crippen LogP contribution in [0.15, 0.2) is 42.7 Å². The summed E-state index contributed by atoms with van der Waals surface area (Å²) in [7, 11) is 2.07. The molecule has 2 aliphatic heterocycles. The average molecular weight is 398 g/mol. The lowest BCUT2D eigenvalue weighted by Crippen LogP contribution is -2.63. The van der Waals surface area contributed by atoms with Gasteiger partial charge in [0.2, 0.25) is 0 Å². The number of likely N-dealkylation sites (tertiary alicyclic amines) is 1. The van der Waals surface area contributed by atoms with Crippen LogP contribution in [0.3, 0.4) is 0 Å². The third-order valence-electron chi connectivity index (χ3n) is 6.74. The summed E-state index contributed by atoms with van der Waals surface area (Å²) < 4.78 is 13.7. The zero-order valence-corrected chi connectivity index (χ0v) is 17.9. The van der Waals surface area contributed by atoms with Gasteiger partial charge < -0.3 is 14.9 Å². The standard InChI is InChI=1S/C24H32FN3O/c1-17(2)18-5-7-19(8-6-18)24(29,23(3)15-27(4)16-23)20-11-22(13-26-12-20)28-10-9-21(25)14-28/h5-8,11-13,17,21,29H,9-10,14-16H2,1-4H3/t21?,24-/m0/s1. The van der Waals surface area contributed by atoms with E-state index in [2.05, 4.69) is 62.0 Å². The summed E-state index contributed by atoms with van der Waals surface area (Å²) in [5, 5.41) is 12.2. The minimum absolute atomic E-state index is 0.324. The molecule has 2 aromatic rings. The maximum atomic E-state index is 13.7. The second-order valence-corrected chi connectivity index (χ2v) is 9.48. The Morgan fingerprint density at radius 2 is 1.86 bits per heavy atom. The van der Waals surface area contributed by atoms with Crippen LogP contribution < -0.4 is 4.90 Å². The highest BCUT2D eigenvalue weighted by molar-refractivity contribution is 5.51. The first-order chi connectivity index (χ1) is 13.7. The number of benzene rings is 1. The predicted octanol–water partition coefficient (Wildman–Crippen LogP) is 3.94. The SMILES string of the molecule is CC(C)c1ccc([C@](O)(c2cncc(N3CCC(F)C3)c2)C2(C)CN(C)C2)cc1. The number of alkyl halides is 1. The monoisotopic (exact) mass is 397 g/mol. The fourth-order valence-electron chi connectivity index (χ4n) is 5.10. The molecule has 1 unspecified atom stereocenters. The van der Waals surface area contributed by atoms with Crippen LogP contribution in [0.4, 0.5) is 10.1 Å². The van der Waals surface area contributed by atoms with Gasteiger partial charge in [0.15, 0.2) is 0 Å². The van der Waals surface area contributed by atoms with Gasteiger partial charge in [0.25, 0.3) is 0 Å². The lowest BCUT2D eigenvalue weighted by Gasteiger charge is -2.56. The smallest absolute Gasteiger partial charge is 0.124 e. The van der Waals surface area contributed by atoms with Crippen molar-refractivity contribution in [2.45, 2.75) is 44.9 Å². The Morgan fingerprint density at radius 3 is 2.41 bits per heavy atom. The van der Waals surface area contributed by atoms with Crippen LogP contribution in [0.1, 0.15) is 49.8 Å². The van der Waals surface area contributed by atoms with Gasteiger partial charge in [-0.15, -0.1) is 0 Å². The van der Waals surface area contributed by atoms with E-state index in [0.29, 0.717) is 25.4 Å². The second-order valence-electron chi connectivity index (χ2n) is 9.48. The first-order valence-electron chi connectivity index (χ1n) is 10.6. The first-order valence-corrected chi connectivity index (χ1v) is 10.6. The molecule has 0 amide bonds. The second kappa shape index (κ2) is 7.37. The molecule has 156 valence electrons. The minimum Gasteiger partial charge on any atom is -0.380 e. The number of anilines is 1. The number of hydrogen-bond acceptors (Lipinski definition) is 4. The van der Waals surface area contributed by atoms with Crippen molar-refractivity contribution in [2.24, 2.45) is 5.41 Å². The summed E-state index contributed by atoms with van der Waals surface area (Å²) >= 11 is 0. The number of rotatable bonds is 5. The summed E-state index contributed by atoms with van der Waals surface area (Å²) in [6.07, 6.45) is 3.30. The van der Waals surface area contributed by atoms with Crippen molar-refractivity contribution in [2.75, 3.05) is 38.1 Å². The van der Waals surface area contributed by atoms with Gasteiger partial charge in [-0.3, -0.25) is 4.98 Å². The molecule has 0 spiro atoms. The molecule has 5 heteroatoms. The quantitative estimate of drug-likeness (QED) is 0.830. The van der Waals surface area contributed by atoms with Gasteiger partial charge in [-0.1, -0.05) is 45.0 Å². The third-order valence-corrected chi connectivity index (χ3v) is 6.74. The van der Waals surface area contributed by atoms with Gasteiger partial charge in [-0.05, 0) is 36.6 Å². The van der Waals surface area contributed by atoms with Crippen molar-refractivity contribution in [3.05, 3.63) is 59.4 Å². The normalized spacial score (nSPS) is 23.8. The molecule has 0 aliphatic carbocycles. The van der Waals surface area contributed by atoms with Gasteiger partial charge in [-0.2, -0.15) is 0 Å². The molecule has 2 atom stereocenters. The summed E-state index contributed by atoms with van der Waals surface area (Å²) in [6.45, 7) is 9.17. The van der Waals surface area contributed by atoms with Crippen molar-refractivity contribution in [1.29, 1.82) is 0 Å². The van der Waals surface area contributed by atoms with Crippen molar-refractivity contribution < 1.29 is 9.50 Å². The molecule has 4 nitrogen and oxygen atoms in total.